The molecule has 0 spiro atoms. The Morgan fingerprint density at radius 2 is 2.07 bits per heavy atom. The second-order valence-corrected chi connectivity index (χ2v) is 7.57. The van der Waals surface area contributed by atoms with Gasteiger partial charge in [-0.05, 0) is 38.2 Å². The molecule has 8 heteroatoms. The fraction of sp³-hybridized carbons (Fsp3) is 0.550. The van der Waals surface area contributed by atoms with Crippen molar-refractivity contribution in [3.8, 4) is 0 Å². The SMILES string of the molecule is CCc1cc(C(F)(F)F)n2nc([C@H]3CCN(C(=O)[C@@H]4CC=CCC4)C3)cc2n1. The van der Waals surface area contributed by atoms with Crippen LogP contribution in [0.1, 0.15) is 55.6 Å². The van der Waals surface area contributed by atoms with E-state index in [-0.39, 0.29) is 23.4 Å². The summed E-state index contributed by atoms with van der Waals surface area (Å²) in [4.78, 5) is 18.9. The number of hydrogen-bond acceptors (Lipinski definition) is 3. The molecular formula is C20H23F3N4O. The zero-order chi connectivity index (χ0) is 19.9. The zero-order valence-corrected chi connectivity index (χ0v) is 15.7. The summed E-state index contributed by atoms with van der Waals surface area (Å²) >= 11 is 0. The summed E-state index contributed by atoms with van der Waals surface area (Å²) in [7, 11) is 0. The molecule has 1 aliphatic heterocycles. The van der Waals surface area contributed by atoms with Gasteiger partial charge < -0.3 is 4.90 Å². The van der Waals surface area contributed by atoms with E-state index in [4.69, 9.17) is 0 Å². The van der Waals surface area contributed by atoms with Crippen LogP contribution < -0.4 is 0 Å². The quantitative estimate of drug-likeness (QED) is 0.743. The highest BCUT2D eigenvalue weighted by Gasteiger charge is 2.37. The molecule has 1 aliphatic carbocycles. The molecular weight excluding hydrogens is 369 g/mol. The Balaban J connectivity index is 1.58. The van der Waals surface area contributed by atoms with Crippen LogP contribution in [0.4, 0.5) is 13.2 Å². The fourth-order valence-corrected chi connectivity index (χ4v) is 4.10. The highest BCUT2D eigenvalue weighted by molar-refractivity contribution is 5.79. The van der Waals surface area contributed by atoms with Gasteiger partial charge in [0.25, 0.3) is 0 Å². The molecule has 150 valence electrons. The summed E-state index contributed by atoms with van der Waals surface area (Å²) in [6.07, 6.45) is 3.34. The number of aromatic nitrogens is 3. The first-order chi connectivity index (χ1) is 13.4. The third-order valence-electron chi connectivity index (χ3n) is 5.69. The van der Waals surface area contributed by atoms with Crippen molar-refractivity contribution in [2.24, 2.45) is 5.92 Å². The van der Waals surface area contributed by atoms with Gasteiger partial charge in [0.2, 0.25) is 5.91 Å². The molecule has 2 aromatic rings. The van der Waals surface area contributed by atoms with E-state index in [9.17, 15) is 18.0 Å². The van der Waals surface area contributed by atoms with Crippen LogP contribution in [-0.4, -0.2) is 38.5 Å². The van der Waals surface area contributed by atoms with E-state index in [2.05, 4.69) is 22.2 Å². The van der Waals surface area contributed by atoms with Crippen molar-refractivity contribution in [3.63, 3.8) is 0 Å². The number of rotatable bonds is 3. The average molecular weight is 392 g/mol. The second-order valence-electron chi connectivity index (χ2n) is 7.57. The van der Waals surface area contributed by atoms with Gasteiger partial charge in [0.1, 0.15) is 5.69 Å². The average Bonchev–Trinajstić information content (AvgIpc) is 3.33. The molecule has 1 saturated heterocycles. The highest BCUT2D eigenvalue weighted by Crippen LogP contribution is 2.33. The maximum absolute atomic E-state index is 13.4. The van der Waals surface area contributed by atoms with Crippen LogP contribution in [0.2, 0.25) is 0 Å². The number of amides is 1. The van der Waals surface area contributed by atoms with E-state index in [1.807, 2.05) is 4.90 Å². The molecule has 1 amide bonds. The van der Waals surface area contributed by atoms with Crippen LogP contribution in [0.3, 0.4) is 0 Å². The Bertz CT molecular complexity index is 918. The first-order valence-electron chi connectivity index (χ1n) is 9.77. The molecule has 0 radical (unpaired) electrons. The molecule has 0 N–H and O–H groups in total. The number of halogens is 3. The standard InChI is InChI=1S/C20H23F3N4O/c1-2-15-10-17(20(21,22)23)27-18(24-15)11-16(25-27)14-8-9-26(12-14)19(28)13-6-4-3-5-7-13/h3-4,10-11,13-14H,2,5-9,12H2,1H3/t13-,14+/m1/s1. The summed E-state index contributed by atoms with van der Waals surface area (Å²) in [6, 6.07) is 2.70. The van der Waals surface area contributed by atoms with Crippen molar-refractivity contribution in [3.05, 3.63) is 41.4 Å². The lowest BCUT2D eigenvalue weighted by molar-refractivity contribution is -0.142. The fourth-order valence-electron chi connectivity index (χ4n) is 4.10. The number of fused-ring (bicyclic) bond motifs is 1. The number of carbonyl (C=O) groups is 1. The third-order valence-corrected chi connectivity index (χ3v) is 5.69. The molecule has 3 heterocycles. The van der Waals surface area contributed by atoms with Crippen molar-refractivity contribution in [1.29, 1.82) is 0 Å². The molecule has 2 aliphatic rings. The van der Waals surface area contributed by atoms with Crippen LogP contribution in [0, 0.1) is 5.92 Å². The Labute approximate surface area is 161 Å². The molecule has 4 rings (SSSR count). The van der Waals surface area contributed by atoms with Crippen molar-refractivity contribution in [2.75, 3.05) is 13.1 Å². The van der Waals surface area contributed by atoms with Gasteiger partial charge in [-0.3, -0.25) is 4.79 Å². The van der Waals surface area contributed by atoms with E-state index in [0.29, 0.717) is 37.3 Å². The number of nitrogens with zero attached hydrogens (tertiary/aromatic N) is 4. The lowest BCUT2D eigenvalue weighted by Crippen LogP contribution is -2.34. The van der Waals surface area contributed by atoms with E-state index in [1.165, 1.54) is 0 Å². The molecule has 0 unspecified atom stereocenters. The smallest absolute Gasteiger partial charge is 0.342 e. The van der Waals surface area contributed by atoms with Crippen molar-refractivity contribution >= 4 is 11.6 Å². The maximum Gasteiger partial charge on any atom is 0.433 e. The van der Waals surface area contributed by atoms with Crippen LogP contribution in [-0.2, 0) is 17.4 Å². The normalized spacial score (nSPS) is 22.9. The van der Waals surface area contributed by atoms with Crippen molar-refractivity contribution in [1.82, 2.24) is 19.5 Å². The Hall–Kier alpha value is -2.38. The second kappa shape index (κ2) is 7.22. The molecule has 1 fully saturated rings. The molecule has 0 aromatic carbocycles. The Kier molecular flexibility index (Phi) is 4.89. The van der Waals surface area contributed by atoms with E-state index in [1.54, 1.807) is 13.0 Å². The first-order valence-corrected chi connectivity index (χ1v) is 9.77. The van der Waals surface area contributed by atoms with Gasteiger partial charge in [-0.25, -0.2) is 9.50 Å². The minimum atomic E-state index is -4.50. The van der Waals surface area contributed by atoms with E-state index in [0.717, 1.165) is 29.8 Å². The molecule has 2 aromatic heterocycles. The van der Waals surface area contributed by atoms with Crippen LogP contribution in [0.25, 0.3) is 5.65 Å². The Morgan fingerprint density at radius 1 is 1.25 bits per heavy atom. The highest BCUT2D eigenvalue weighted by atomic mass is 19.4. The van der Waals surface area contributed by atoms with Crippen LogP contribution >= 0.6 is 0 Å². The van der Waals surface area contributed by atoms with Gasteiger partial charge >= 0.3 is 6.18 Å². The Morgan fingerprint density at radius 3 is 2.75 bits per heavy atom. The van der Waals surface area contributed by atoms with Crippen LogP contribution in [0.5, 0.6) is 0 Å². The minimum absolute atomic E-state index is 0.0235. The van der Waals surface area contributed by atoms with E-state index < -0.39 is 11.9 Å². The summed E-state index contributed by atoms with van der Waals surface area (Å²) in [5, 5.41) is 4.23. The van der Waals surface area contributed by atoms with Gasteiger partial charge in [-0.2, -0.15) is 18.3 Å². The number of allylic oxidation sites excluding steroid dienone is 2. The summed E-state index contributed by atoms with van der Waals surface area (Å²) in [5.74, 6) is 0.115. The van der Waals surface area contributed by atoms with Gasteiger partial charge in [-0.1, -0.05) is 19.1 Å². The largest absolute Gasteiger partial charge is 0.433 e. The van der Waals surface area contributed by atoms with Crippen molar-refractivity contribution in [2.45, 2.75) is 51.1 Å². The molecule has 2 atom stereocenters. The number of aryl methyl sites for hydroxylation is 1. The third kappa shape index (κ3) is 3.52. The predicted octanol–water partition coefficient (Wildman–Crippen LogP) is 3.98. The molecule has 0 bridgehead atoms. The number of likely N-dealkylation sites (tertiary alicyclic amines) is 1. The lowest BCUT2D eigenvalue weighted by atomic mass is 9.93. The van der Waals surface area contributed by atoms with Crippen molar-refractivity contribution < 1.29 is 18.0 Å². The maximum atomic E-state index is 13.4. The van der Waals surface area contributed by atoms with Gasteiger partial charge in [0.05, 0.1) is 5.69 Å². The topological polar surface area (TPSA) is 50.5 Å². The number of carbonyl (C=O) groups excluding carboxylic acids is 1. The molecule has 28 heavy (non-hydrogen) atoms. The van der Waals surface area contributed by atoms with E-state index >= 15 is 0 Å². The van der Waals surface area contributed by atoms with Gasteiger partial charge in [-0.15, -0.1) is 0 Å². The molecule has 5 nitrogen and oxygen atoms in total. The summed E-state index contributed by atoms with van der Waals surface area (Å²) in [6.45, 7) is 2.90. The minimum Gasteiger partial charge on any atom is -0.342 e. The predicted molar refractivity (Wildman–Crippen MR) is 97.8 cm³/mol. The first kappa shape index (κ1) is 19.0. The zero-order valence-electron chi connectivity index (χ0n) is 15.7. The monoisotopic (exact) mass is 392 g/mol. The van der Waals surface area contributed by atoms with Gasteiger partial charge in [0.15, 0.2) is 5.65 Å². The van der Waals surface area contributed by atoms with Gasteiger partial charge in [0, 0.05) is 36.7 Å². The summed E-state index contributed by atoms with van der Waals surface area (Å²) in [5.41, 5.74) is 0.370. The summed E-state index contributed by atoms with van der Waals surface area (Å²) < 4.78 is 41.2. The van der Waals surface area contributed by atoms with Crippen LogP contribution in [0.15, 0.2) is 24.3 Å². The number of alkyl halides is 3. The lowest BCUT2D eigenvalue weighted by Gasteiger charge is -2.24. The molecule has 0 saturated carbocycles. The number of hydrogen-bond donors (Lipinski definition) is 0.